The monoisotopic (exact) mass is 247 g/mol. The summed E-state index contributed by atoms with van der Waals surface area (Å²) in [5.74, 6) is -0.493. The summed E-state index contributed by atoms with van der Waals surface area (Å²) in [4.78, 5) is 25.3. The number of carbonyl (C=O) groups excluding carboxylic acids is 1. The molecule has 18 heavy (non-hydrogen) atoms. The summed E-state index contributed by atoms with van der Waals surface area (Å²) in [5.41, 5.74) is 1.33. The summed E-state index contributed by atoms with van der Waals surface area (Å²) in [6.45, 7) is 0. The van der Waals surface area contributed by atoms with Gasteiger partial charge in [0.25, 0.3) is 0 Å². The van der Waals surface area contributed by atoms with Crippen LogP contribution in [0.15, 0.2) is 24.4 Å². The molecule has 0 atom stereocenters. The van der Waals surface area contributed by atoms with Gasteiger partial charge in [-0.1, -0.05) is 0 Å². The molecule has 2 aromatic rings. The number of methoxy groups -OCH3 is 1. The second-order valence-electron chi connectivity index (χ2n) is 3.93. The maximum absolute atomic E-state index is 11.9. The minimum Gasteiger partial charge on any atom is -0.497 e. The number of nitrogens with one attached hydrogen (secondary N) is 1. The Morgan fingerprint density at radius 2 is 2.11 bits per heavy atom. The van der Waals surface area contributed by atoms with Gasteiger partial charge < -0.3 is 14.8 Å². The van der Waals surface area contributed by atoms with E-state index in [9.17, 15) is 9.59 Å². The van der Waals surface area contributed by atoms with E-state index in [1.165, 1.54) is 0 Å². The van der Waals surface area contributed by atoms with Crippen molar-refractivity contribution in [3.63, 3.8) is 0 Å². The molecule has 2 rings (SSSR count). The van der Waals surface area contributed by atoms with Gasteiger partial charge >= 0.3 is 5.97 Å². The first-order valence-electron chi connectivity index (χ1n) is 5.52. The van der Waals surface area contributed by atoms with Crippen LogP contribution in [0, 0.1) is 0 Å². The smallest absolute Gasteiger partial charge is 0.303 e. The van der Waals surface area contributed by atoms with Gasteiger partial charge in [-0.15, -0.1) is 0 Å². The number of hydrogen-bond acceptors (Lipinski definition) is 3. The van der Waals surface area contributed by atoms with Gasteiger partial charge in [-0.05, 0) is 18.2 Å². The predicted octanol–water partition coefficient (Wildman–Crippen LogP) is 2.22. The van der Waals surface area contributed by atoms with E-state index in [1.54, 1.807) is 25.4 Å². The largest absolute Gasteiger partial charge is 0.497 e. The molecule has 0 bridgehead atoms. The van der Waals surface area contributed by atoms with Crippen LogP contribution in [0.2, 0.25) is 0 Å². The van der Waals surface area contributed by atoms with Crippen molar-refractivity contribution in [2.45, 2.75) is 12.8 Å². The summed E-state index contributed by atoms with van der Waals surface area (Å²) in [5, 5.41) is 9.33. The molecule has 1 aromatic carbocycles. The van der Waals surface area contributed by atoms with Gasteiger partial charge in [-0.3, -0.25) is 9.59 Å². The number of fused-ring (bicyclic) bond motifs is 1. The normalized spacial score (nSPS) is 10.5. The predicted molar refractivity (Wildman–Crippen MR) is 66.1 cm³/mol. The zero-order valence-corrected chi connectivity index (χ0v) is 9.90. The fourth-order valence-electron chi connectivity index (χ4n) is 1.81. The average molecular weight is 247 g/mol. The molecule has 0 amide bonds. The number of ketones is 1. The lowest BCUT2D eigenvalue weighted by molar-refractivity contribution is -0.136. The fourth-order valence-corrected chi connectivity index (χ4v) is 1.81. The highest BCUT2D eigenvalue weighted by atomic mass is 16.5. The molecule has 1 heterocycles. The van der Waals surface area contributed by atoms with Crippen molar-refractivity contribution in [3.05, 3.63) is 30.0 Å². The Morgan fingerprint density at radius 1 is 1.33 bits per heavy atom. The van der Waals surface area contributed by atoms with Crippen LogP contribution >= 0.6 is 0 Å². The summed E-state index contributed by atoms with van der Waals surface area (Å²) in [6, 6.07) is 5.38. The highest BCUT2D eigenvalue weighted by molar-refractivity contribution is 6.08. The lowest BCUT2D eigenvalue weighted by Crippen LogP contribution is -2.03. The summed E-state index contributed by atoms with van der Waals surface area (Å²) in [7, 11) is 1.56. The molecular formula is C13H13NO4. The summed E-state index contributed by atoms with van der Waals surface area (Å²) in [6.07, 6.45) is 1.45. The maximum Gasteiger partial charge on any atom is 0.303 e. The average Bonchev–Trinajstić information content (AvgIpc) is 2.78. The molecule has 0 saturated heterocycles. The molecule has 0 saturated carbocycles. The third-order valence-electron chi connectivity index (χ3n) is 2.76. The molecule has 0 aliphatic carbocycles. The van der Waals surface area contributed by atoms with Crippen LogP contribution in [0.3, 0.4) is 0 Å². The highest BCUT2D eigenvalue weighted by Gasteiger charge is 2.13. The van der Waals surface area contributed by atoms with Crippen molar-refractivity contribution in [1.82, 2.24) is 4.98 Å². The van der Waals surface area contributed by atoms with Gasteiger partial charge in [0.05, 0.1) is 13.5 Å². The first-order valence-corrected chi connectivity index (χ1v) is 5.52. The number of benzene rings is 1. The third kappa shape index (κ3) is 2.34. The number of Topliss-reactive ketones (excluding diaryl/α,β-unsaturated/α-hetero) is 1. The Balaban J connectivity index is 2.32. The van der Waals surface area contributed by atoms with Crippen molar-refractivity contribution >= 4 is 22.7 Å². The molecule has 5 nitrogen and oxygen atoms in total. The maximum atomic E-state index is 11.9. The van der Waals surface area contributed by atoms with Crippen molar-refractivity contribution in [1.29, 1.82) is 0 Å². The van der Waals surface area contributed by atoms with Crippen molar-refractivity contribution in [3.8, 4) is 5.75 Å². The van der Waals surface area contributed by atoms with E-state index in [1.807, 2.05) is 6.07 Å². The molecule has 0 radical (unpaired) electrons. The molecule has 94 valence electrons. The van der Waals surface area contributed by atoms with Crippen LogP contribution in [0.1, 0.15) is 23.2 Å². The van der Waals surface area contributed by atoms with Crippen LogP contribution in [0.4, 0.5) is 0 Å². The van der Waals surface area contributed by atoms with Crippen LogP contribution in [-0.4, -0.2) is 29.0 Å². The van der Waals surface area contributed by atoms with Crippen LogP contribution in [0.25, 0.3) is 10.9 Å². The molecule has 1 aromatic heterocycles. The minimum atomic E-state index is -0.972. The Kier molecular flexibility index (Phi) is 3.32. The van der Waals surface area contributed by atoms with E-state index in [0.717, 1.165) is 10.9 Å². The SMILES string of the molecule is COc1ccc2[nH]cc(C(=O)CCC(=O)O)c2c1. The topological polar surface area (TPSA) is 79.4 Å². The van der Waals surface area contributed by atoms with Gasteiger partial charge in [0.1, 0.15) is 5.75 Å². The van der Waals surface area contributed by atoms with Gasteiger partial charge in [-0.25, -0.2) is 0 Å². The lowest BCUT2D eigenvalue weighted by atomic mass is 10.1. The molecule has 2 N–H and O–H groups in total. The highest BCUT2D eigenvalue weighted by Crippen LogP contribution is 2.24. The number of carboxylic acids is 1. The standard InChI is InChI=1S/C13H13NO4/c1-18-8-2-3-11-9(6-8)10(7-14-11)12(15)4-5-13(16)17/h2-3,6-7,14H,4-5H2,1H3,(H,16,17). The third-order valence-corrected chi connectivity index (χ3v) is 2.76. The summed E-state index contributed by atoms with van der Waals surface area (Å²) >= 11 is 0. The fraction of sp³-hybridized carbons (Fsp3) is 0.231. The van der Waals surface area contributed by atoms with E-state index < -0.39 is 5.97 Å². The number of rotatable bonds is 5. The summed E-state index contributed by atoms with van der Waals surface area (Å²) < 4.78 is 5.11. The molecule has 0 fully saturated rings. The number of H-pyrrole nitrogens is 1. The Labute approximate surface area is 103 Å². The number of aromatic amines is 1. The van der Waals surface area contributed by atoms with Crippen molar-refractivity contribution in [2.24, 2.45) is 0 Å². The second kappa shape index (κ2) is 4.91. The van der Waals surface area contributed by atoms with Gasteiger partial charge in [0, 0.05) is 29.1 Å². The zero-order valence-electron chi connectivity index (χ0n) is 9.90. The lowest BCUT2D eigenvalue weighted by Gasteiger charge is -2.01. The number of ether oxygens (including phenoxy) is 1. The van der Waals surface area contributed by atoms with Crippen LogP contribution < -0.4 is 4.74 Å². The van der Waals surface area contributed by atoms with E-state index in [-0.39, 0.29) is 18.6 Å². The Bertz CT molecular complexity index is 600. The second-order valence-corrected chi connectivity index (χ2v) is 3.93. The molecule has 0 aliphatic heterocycles. The number of aliphatic carboxylic acids is 1. The van der Waals surface area contributed by atoms with E-state index in [2.05, 4.69) is 4.98 Å². The molecule has 0 unspecified atom stereocenters. The van der Waals surface area contributed by atoms with E-state index in [4.69, 9.17) is 9.84 Å². The molecular weight excluding hydrogens is 234 g/mol. The molecule has 5 heteroatoms. The van der Waals surface area contributed by atoms with Crippen molar-refractivity contribution in [2.75, 3.05) is 7.11 Å². The zero-order chi connectivity index (χ0) is 13.1. The van der Waals surface area contributed by atoms with Gasteiger partial charge in [0.2, 0.25) is 0 Å². The minimum absolute atomic E-state index is 0.000500. The number of hydrogen-bond donors (Lipinski definition) is 2. The van der Waals surface area contributed by atoms with Gasteiger partial charge in [0.15, 0.2) is 5.78 Å². The first kappa shape index (κ1) is 12.2. The Hall–Kier alpha value is -2.30. The molecule has 0 aliphatic rings. The van der Waals surface area contributed by atoms with E-state index in [0.29, 0.717) is 11.3 Å². The van der Waals surface area contributed by atoms with Gasteiger partial charge in [-0.2, -0.15) is 0 Å². The van der Waals surface area contributed by atoms with Crippen molar-refractivity contribution < 1.29 is 19.4 Å². The number of carboxylic acid groups (broad SMARTS) is 1. The number of aromatic nitrogens is 1. The van der Waals surface area contributed by atoms with Crippen LogP contribution in [-0.2, 0) is 4.79 Å². The Morgan fingerprint density at radius 3 is 2.78 bits per heavy atom. The first-order chi connectivity index (χ1) is 8.61. The number of carbonyl (C=O) groups is 2. The van der Waals surface area contributed by atoms with E-state index >= 15 is 0 Å². The van der Waals surface area contributed by atoms with Crippen LogP contribution in [0.5, 0.6) is 5.75 Å². The molecule has 0 spiro atoms. The quantitative estimate of drug-likeness (QED) is 0.794.